The van der Waals surface area contributed by atoms with Crippen LogP contribution in [0.2, 0.25) is 0 Å². The molecular weight excluding hydrogens is 192 g/mol. The van der Waals surface area contributed by atoms with Crippen molar-refractivity contribution in [3.8, 4) is 5.75 Å². The number of methoxy groups -OCH3 is 1. The van der Waals surface area contributed by atoms with Gasteiger partial charge < -0.3 is 14.6 Å². The number of aliphatic hydroxyl groups excluding tert-OH is 1. The fourth-order valence-electron chi connectivity index (χ4n) is 1.97. The maximum absolute atomic E-state index is 9.82. The van der Waals surface area contributed by atoms with Crippen LogP contribution in [0.5, 0.6) is 5.75 Å². The molecule has 1 aromatic carbocycles. The van der Waals surface area contributed by atoms with Crippen LogP contribution in [0.4, 0.5) is 0 Å². The molecule has 0 bridgehead atoms. The highest BCUT2D eigenvalue weighted by atomic mass is 16.7. The zero-order chi connectivity index (χ0) is 10.7. The maximum atomic E-state index is 9.82. The molecule has 0 amide bonds. The summed E-state index contributed by atoms with van der Waals surface area (Å²) in [7, 11) is 1.59. The minimum atomic E-state index is -0.333. The lowest BCUT2D eigenvalue weighted by atomic mass is 9.89. The topological polar surface area (TPSA) is 38.7 Å². The molecule has 0 saturated heterocycles. The Kier molecular flexibility index (Phi) is 3.23. The molecule has 1 aromatic rings. The first kappa shape index (κ1) is 10.5. The van der Waals surface area contributed by atoms with Crippen LogP contribution >= 0.6 is 0 Å². The standard InChI is InChI=1S/C12H16O3/c1-14-8-15-10-6-5-9-3-2-4-12(13)11(9)7-10/h5-7,12-13H,2-4,8H2,1H3/t12-/m0/s1. The van der Waals surface area contributed by atoms with Crippen molar-refractivity contribution in [3.63, 3.8) is 0 Å². The fourth-order valence-corrected chi connectivity index (χ4v) is 1.97. The Morgan fingerprint density at radius 2 is 2.33 bits per heavy atom. The molecule has 0 aromatic heterocycles. The van der Waals surface area contributed by atoms with Crippen LogP contribution in [-0.2, 0) is 11.2 Å². The average Bonchev–Trinajstić information content (AvgIpc) is 2.27. The van der Waals surface area contributed by atoms with Gasteiger partial charge in [-0.2, -0.15) is 0 Å². The number of hydrogen-bond acceptors (Lipinski definition) is 3. The first-order valence-corrected chi connectivity index (χ1v) is 5.24. The van der Waals surface area contributed by atoms with Gasteiger partial charge >= 0.3 is 0 Å². The molecule has 1 atom stereocenters. The number of aliphatic hydroxyl groups is 1. The van der Waals surface area contributed by atoms with E-state index in [1.807, 2.05) is 18.2 Å². The lowest BCUT2D eigenvalue weighted by Crippen LogP contribution is -2.09. The van der Waals surface area contributed by atoms with Gasteiger partial charge in [0.05, 0.1) is 6.10 Å². The average molecular weight is 208 g/mol. The molecule has 1 aliphatic rings. The third kappa shape index (κ3) is 2.30. The van der Waals surface area contributed by atoms with Gasteiger partial charge in [0.1, 0.15) is 5.75 Å². The summed E-state index contributed by atoms with van der Waals surface area (Å²) in [5.41, 5.74) is 2.24. The lowest BCUT2D eigenvalue weighted by molar-refractivity contribution is 0.0507. The summed E-state index contributed by atoms with van der Waals surface area (Å²) in [5, 5.41) is 9.82. The van der Waals surface area contributed by atoms with Crippen LogP contribution in [0.25, 0.3) is 0 Å². The first-order valence-electron chi connectivity index (χ1n) is 5.24. The highest BCUT2D eigenvalue weighted by molar-refractivity contribution is 5.38. The van der Waals surface area contributed by atoms with Crippen molar-refractivity contribution < 1.29 is 14.6 Å². The van der Waals surface area contributed by atoms with Crippen molar-refractivity contribution in [2.45, 2.75) is 25.4 Å². The van der Waals surface area contributed by atoms with Gasteiger partial charge in [0, 0.05) is 7.11 Å². The van der Waals surface area contributed by atoms with E-state index in [1.54, 1.807) is 7.11 Å². The van der Waals surface area contributed by atoms with Gasteiger partial charge in [-0.25, -0.2) is 0 Å². The van der Waals surface area contributed by atoms with Gasteiger partial charge in [0.25, 0.3) is 0 Å². The molecule has 3 nitrogen and oxygen atoms in total. The zero-order valence-corrected chi connectivity index (χ0v) is 8.90. The van der Waals surface area contributed by atoms with Gasteiger partial charge in [0.2, 0.25) is 0 Å². The van der Waals surface area contributed by atoms with Crippen molar-refractivity contribution >= 4 is 0 Å². The second kappa shape index (κ2) is 4.64. The van der Waals surface area contributed by atoms with Crippen LogP contribution in [0, 0.1) is 0 Å². The highest BCUT2D eigenvalue weighted by Gasteiger charge is 2.18. The molecule has 0 unspecified atom stereocenters. The number of ether oxygens (including phenoxy) is 2. The molecule has 0 saturated carbocycles. The predicted octanol–water partition coefficient (Wildman–Crippen LogP) is 2.04. The Bertz CT molecular complexity index is 336. The van der Waals surface area contributed by atoms with E-state index >= 15 is 0 Å². The van der Waals surface area contributed by atoms with E-state index in [1.165, 1.54) is 5.56 Å². The molecule has 0 aliphatic heterocycles. The molecule has 15 heavy (non-hydrogen) atoms. The number of benzene rings is 1. The normalized spacial score (nSPS) is 19.7. The number of rotatable bonds is 3. The Morgan fingerprint density at radius 3 is 3.13 bits per heavy atom. The zero-order valence-electron chi connectivity index (χ0n) is 8.90. The Hall–Kier alpha value is -1.06. The van der Waals surface area contributed by atoms with E-state index in [-0.39, 0.29) is 12.9 Å². The molecule has 0 radical (unpaired) electrons. The minimum absolute atomic E-state index is 0.245. The summed E-state index contributed by atoms with van der Waals surface area (Å²) >= 11 is 0. The summed E-state index contributed by atoms with van der Waals surface area (Å²) < 4.78 is 10.2. The summed E-state index contributed by atoms with van der Waals surface area (Å²) in [6, 6.07) is 5.87. The van der Waals surface area contributed by atoms with E-state index in [0.29, 0.717) is 0 Å². The van der Waals surface area contributed by atoms with E-state index in [9.17, 15) is 5.11 Å². The van der Waals surface area contributed by atoms with Gasteiger partial charge in [0.15, 0.2) is 6.79 Å². The number of fused-ring (bicyclic) bond motifs is 1. The van der Waals surface area contributed by atoms with E-state index < -0.39 is 0 Å². The van der Waals surface area contributed by atoms with E-state index in [4.69, 9.17) is 9.47 Å². The van der Waals surface area contributed by atoms with E-state index in [0.717, 1.165) is 30.6 Å². The first-order chi connectivity index (χ1) is 7.31. The fraction of sp³-hybridized carbons (Fsp3) is 0.500. The predicted molar refractivity (Wildman–Crippen MR) is 56.8 cm³/mol. The van der Waals surface area contributed by atoms with Gasteiger partial charge in [-0.05, 0) is 42.5 Å². The molecule has 0 spiro atoms. The number of aryl methyl sites for hydroxylation is 1. The lowest BCUT2D eigenvalue weighted by Gasteiger charge is -2.21. The summed E-state index contributed by atoms with van der Waals surface area (Å²) in [4.78, 5) is 0. The third-order valence-electron chi connectivity index (χ3n) is 2.74. The Balaban J connectivity index is 2.19. The Labute approximate surface area is 89.6 Å². The highest BCUT2D eigenvalue weighted by Crippen LogP contribution is 2.32. The molecule has 0 fully saturated rings. The van der Waals surface area contributed by atoms with Gasteiger partial charge in [-0.1, -0.05) is 6.07 Å². The molecular formula is C12H16O3. The number of hydrogen-bond donors (Lipinski definition) is 1. The SMILES string of the molecule is COCOc1ccc2c(c1)[C@@H](O)CCC2. The van der Waals surface area contributed by atoms with Gasteiger partial charge in [-0.15, -0.1) is 0 Å². The summed E-state index contributed by atoms with van der Waals surface area (Å²) in [5.74, 6) is 0.761. The minimum Gasteiger partial charge on any atom is -0.468 e. The van der Waals surface area contributed by atoms with Crippen molar-refractivity contribution in [3.05, 3.63) is 29.3 Å². The quantitative estimate of drug-likeness (QED) is 0.772. The van der Waals surface area contributed by atoms with Crippen molar-refractivity contribution in [1.29, 1.82) is 0 Å². The van der Waals surface area contributed by atoms with Crippen LogP contribution in [0.3, 0.4) is 0 Å². The van der Waals surface area contributed by atoms with Gasteiger partial charge in [-0.3, -0.25) is 0 Å². The smallest absolute Gasteiger partial charge is 0.188 e. The van der Waals surface area contributed by atoms with Crippen molar-refractivity contribution in [1.82, 2.24) is 0 Å². The van der Waals surface area contributed by atoms with E-state index in [2.05, 4.69) is 0 Å². The van der Waals surface area contributed by atoms with Crippen LogP contribution in [0.1, 0.15) is 30.1 Å². The molecule has 1 N–H and O–H groups in total. The third-order valence-corrected chi connectivity index (χ3v) is 2.74. The molecule has 2 rings (SSSR count). The van der Waals surface area contributed by atoms with Crippen molar-refractivity contribution in [2.24, 2.45) is 0 Å². The van der Waals surface area contributed by atoms with Crippen LogP contribution < -0.4 is 4.74 Å². The molecule has 1 aliphatic carbocycles. The molecule has 3 heteroatoms. The van der Waals surface area contributed by atoms with Crippen LogP contribution in [-0.4, -0.2) is 19.0 Å². The van der Waals surface area contributed by atoms with Crippen LogP contribution in [0.15, 0.2) is 18.2 Å². The van der Waals surface area contributed by atoms with Crippen molar-refractivity contribution in [2.75, 3.05) is 13.9 Å². The second-order valence-corrected chi connectivity index (χ2v) is 3.82. The summed E-state index contributed by atoms with van der Waals surface area (Å²) in [6.45, 7) is 0.245. The molecule has 0 heterocycles. The monoisotopic (exact) mass is 208 g/mol. The maximum Gasteiger partial charge on any atom is 0.188 e. The summed E-state index contributed by atoms with van der Waals surface area (Å²) in [6.07, 6.45) is 2.63. The molecule has 82 valence electrons. The Morgan fingerprint density at radius 1 is 1.47 bits per heavy atom. The largest absolute Gasteiger partial charge is 0.468 e. The second-order valence-electron chi connectivity index (χ2n) is 3.82.